The second kappa shape index (κ2) is 9.87. The molecule has 2 aromatic carbocycles. The number of nitrogens with one attached hydrogen (secondary N) is 2. The maximum Gasteiger partial charge on any atom is 0.421 e. The third kappa shape index (κ3) is 5.49. The highest BCUT2D eigenvalue weighted by molar-refractivity contribution is 7.90. The predicted molar refractivity (Wildman–Crippen MR) is 128 cm³/mol. The normalized spacial score (nSPS) is 11.1. The van der Waals surface area contributed by atoms with Gasteiger partial charge in [-0.05, 0) is 57.5 Å². The summed E-state index contributed by atoms with van der Waals surface area (Å²) in [6.07, 6.45) is -1.06. The van der Waals surface area contributed by atoms with Gasteiger partial charge in [-0.1, -0.05) is 29.8 Å². The SMILES string of the molecule is CCOC(=O)NS(=O)(=O)c1ccc(C)cc1-c1ccc(Nc2nc(C)cc(C)c2[N+](=O)[O-])cc1. The number of sulfonamides is 1. The van der Waals surface area contributed by atoms with E-state index >= 15 is 0 Å². The Morgan fingerprint density at radius 2 is 1.76 bits per heavy atom. The molecule has 178 valence electrons. The van der Waals surface area contributed by atoms with Crippen molar-refractivity contribution in [2.24, 2.45) is 0 Å². The molecule has 0 radical (unpaired) electrons. The number of carbonyl (C=O) groups is 1. The van der Waals surface area contributed by atoms with E-state index in [1.165, 1.54) is 6.07 Å². The predicted octanol–water partition coefficient (Wildman–Crippen LogP) is 4.76. The number of hydrogen-bond donors (Lipinski definition) is 2. The average Bonchev–Trinajstić information content (AvgIpc) is 2.73. The minimum absolute atomic E-state index is 0.0318. The molecular weight excluding hydrogens is 460 g/mol. The van der Waals surface area contributed by atoms with Crippen LogP contribution in [0.15, 0.2) is 53.4 Å². The number of amides is 1. The third-order valence-electron chi connectivity index (χ3n) is 4.87. The number of nitrogens with zero attached hydrogens (tertiary/aromatic N) is 2. The van der Waals surface area contributed by atoms with E-state index in [-0.39, 0.29) is 23.0 Å². The standard InChI is InChI=1S/C23H24N4O6S/c1-5-33-23(28)26-34(31,32)20-11-6-14(2)12-19(20)17-7-9-18(10-8-17)25-22-21(27(29)30)15(3)13-16(4)24-22/h6-13H,5H2,1-4H3,(H,24,25)(H,26,28). The zero-order chi connectivity index (χ0) is 25.0. The maximum atomic E-state index is 12.8. The Bertz CT molecular complexity index is 1350. The van der Waals surface area contributed by atoms with Gasteiger partial charge in [0.1, 0.15) is 0 Å². The number of aryl methyl sites for hydroxylation is 3. The molecule has 34 heavy (non-hydrogen) atoms. The number of hydrogen-bond acceptors (Lipinski definition) is 8. The van der Waals surface area contributed by atoms with Crippen LogP contribution in [0, 0.1) is 30.9 Å². The van der Waals surface area contributed by atoms with Crippen LogP contribution in [0.5, 0.6) is 0 Å². The Morgan fingerprint density at radius 3 is 2.38 bits per heavy atom. The van der Waals surface area contributed by atoms with Crippen molar-refractivity contribution in [1.29, 1.82) is 0 Å². The number of aromatic nitrogens is 1. The molecular formula is C23H24N4O6S. The van der Waals surface area contributed by atoms with E-state index in [1.54, 1.807) is 63.2 Å². The Labute approximate surface area is 197 Å². The highest BCUT2D eigenvalue weighted by Gasteiger charge is 2.23. The second-order valence-electron chi connectivity index (χ2n) is 7.56. The highest BCUT2D eigenvalue weighted by Crippen LogP contribution is 2.32. The van der Waals surface area contributed by atoms with Crippen LogP contribution in [-0.4, -0.2) is 31.0 Å². The van der Waals surface area contributed by atoms with Gasteiger partial charge in [-0.3, -0.25) is 10.1 Å². The minimum Gasteiger partial charge on any atom is -0.449 e. The molecule has 0 spiro atoms. The molecule has 0 atom stereocenters. The number of pyridine rings is 1. The van der Waals surface area contributed by atoms with Crippen LogP contribution >= 0.6 is 0 Å². The lowest BCUT2D eigenvalue weighted by atomic mass is 10.0. The van der Waals surface area contributed by atoms with E-state index in [1.807, 2.05) is 11.6 Å². The summed E-state index contributed by atoms with van der Waals surface area (Å²) in [5.41, 5.74) is 3.31. The van der Waals surface area contributed by atoms with Crippen LogP contribution in [-0.2, 0) is 14.8 Å². The van der Waals surface area contributed by atoms with Gasteiger partial charge in [0.2, 0.25) is 5.82 Å². The van der Waals surface area contributed by atoms with Gasteiger partial charge < -0.3 is 10.1 Å². The van der Waals surface area contributed by atoms with Gasteiger partial charge in [0.05, 0.1) is 16.4 Å². The average molecular weight is 485 g/mol. The van der Waals surface area contributed by atoms with Crippen molar-refractivity contribution in [2.75, 3.05) is 11.9 Å². The number of ether oxygens (including phenoxy) is 1. The van der Waals surface area contributed by atoms with Crippen molar-refractivity contribution < 1.29 is 22.9 Å². The summed E-state index contributed by atoms with van der Waals surface area (Å²) in [4.78, 5) is 26.9. The van der Waals surface area contributed by atoms with Gasteiger partial charge >= 0.3 is 11.8 Å². The van der Waals surface area contributed by atoms with E-state index < -0.39 is 21.0 Å². The summed E-state index contributed by atoms with van der Waals surface area (Å²) in [6.45, 7) is 6.81. The molecule has 3 aromatic rings. The largest absolute Gasteiger partial charge is 0.449 e. The molecule has 0 aliphatic rings. The monoisotopic (exact) mass is 484 g/mol. The van der Waals surface area contributed by atoms with E-state index in [9.17, 15) is 23.3 Å². The molecule has 0 fully saturated rings. The van der Waals surface area contributed by atoms with E-state index in [0.29, 0.717) is 28.1 Å². The Balaban J connectivity index is 1.97. The fourth-order valence-corrected chi connectivity index (χ4v) is 4.55. The molecule has 2 N–H and O–H groups in total. The molecule has 0 unspecified atom stereocenters. The number of carbonyl (C=O) groups excluding carboxylic acids is 1. The quantitative estimate of drug-likeness (QED) is 0.361. The van der Waals surface area contributed by atoms with E-state index in [0.717, 1.165) is 5.56 Å². The molecule has 1 aromatic heterocycles. The maximum absolute atomic E-state index is 12.8. The summed E-state index contributed by atoms with van der Waals surface area (Å²) in [7, 11) is -4.19. The summed E-state index contributed by atoms with van der Waals surface area (Å²) in [5.74, 6) is 0.118. The van der Waals surface area contributed by atoms with Gasteiger partial charge in [0.25, 0.3) is 10.0 Å². The Hall–Kier alpha value is -3.99. The van der Waals surface area contributed by atoms with Crippen molar-refractivity contribution in [3.05, 3.63) is 75.5 Å². The second-order valence-corrected chi connectivity index (χ2v) is 9.21. The molecule has 1 heterocycles. The first-order valence-corrected chi connectivity index (χ1v) is 11.8. The highest BCUT2D eigenvalue weighted by atomic mass is 32.2. The minimum atomic E-state index is -4.19. The van der Waals surface area contributed by atoms with Gasteiger partial charge in [0.15, 0.2) is 0 Å². The van der Waals surface area contributed by atoms with Crippen molar-refractivity contribution in [3.63, 3.8) is 0 Å². The molecule has 0 aliphatic carbocycles. The van der Waals surface area contributed by atoms with Crippen LogP contribution in [0.4, 0.5) is 22.0 Å². The van der Waals surface area contributed by atoms with Crippen molar-refractivity contribution in [2.45, 2.75) is 32.6 Å². The zero-order valence-electron chi connectivity index (χ0n) is 19.1. The third-order valence-corrected chi connectivity index (χ3v) is 6.24. The fraction of sp³-hybridized carbons (Fsp3) is 0.217. The number of anilines is 2. The summed E-state index contributed by atoms with van der Waals surface area (Å²) >= 11 is 0. The van der Waals surface area contributed by atoms with Crippen LogP contribution < -0.4 is 10.0 Å². The van der Waals surface area contributed by atoms with Crippen molar-refractivity contribution in [3.8, 4) is 11.1 Å². The smallest absolute Gasteiger partial charge is 0.421 e. The lowest BCUT2D eigenvalue weighted by Crippen LogP contribution is -2.31. The Kier molecular flexibility index (Phi) is 7.16. The van der Waals surface area contributed by atoms with Gasteiger partial charge in [-0.25, -0.2) is 22.9 Å². The number of benzene rings is 2. The molecule has 0 bridgehead atoms. The van der Waals surface area contributed by atoms with Crippen LogP contribution in [0.25, 0.3) is 11.1 Å². The molecule has 0 saturated heterocycles. The van der Waals surface area contributed by atoms with Crippen molar-refractivity contribution in [1.82, 2.24) is 9.71 Å². The molecule has 3 rings (SSSR count). The van der Waals surface area contributed by atoms with E-state index in [4.69, 9.17) is 4.74 Å². The number of nitro groups is 1. The molecule has 11 heteroatoms. The first kappa shape index (κ1) is 24.6. The van der Waals surface area contributed by atoms with Crippen LogP contribution in [0.2, 0.25) is 0 Å². The molecule has 0 saturated carbocycles. The molecule has 0 aliphatic heterocycles. The van der Waals surface area contributed by atoms with E-state index in [2.05, 4.69) is 10.3 Å². The summed E-state index contributed by atoms with van der Waals surface area (Å²) in [6, 6.07) is 13.1. The topological polar surface area (TPSA) is 141 Å². The van der Waals surface area contributed by atoms with Gasteiger partial charge in [-0.2, -0.15) is 0 Å². The first-order chi connectivity index (χ1) is 16.0. The van der Waals surface area contributed by atoms with Crippen molar-refractivity contribution >= 4 is 33.3 Å². The zero-order valence-corrected chi connectivity index (χ0v) is 19.9. The van der Waals surface area contributed by atoms with Gasteiger partial charge in [-0.15, -0.1) is 0 Å². The molecule has 1 amide bonds. The Morgan fingerprint density at radius 1 is 1.09 bits per heavy atom. The number of rotatable bonds is 7. The van der Waals surface area contributed by atoms with Crippen LogP contribution in [0.3, 0.4) is 0 Å². The fourth-order valence-electron chi connectivity index (χ4n) is 3.45. The van der Waals surface area contributed by atoms with Gasteiger partial charge in [0, 0.05) is 22.5 Å². The lowest BCUT2D eigenvalue weighted by molar-refractivity contribution is -0.384. The summed E-state index contributed by atoms with van der Waals surface area (Å²) in [5, 5.41) is 14.5. The first-order valence-electron chi connectivity index (χ1n) is 10.3. The van der Waals surface area contributed by atoms with Crippen LogP contribution in [0.1, 0.15) is 23.7 Å². The summed E-state index contributed by atoms with van der Waals surface area (Å²) < 4.78 is 32.2. The lowest BCUT2D eigenvalue weighted by Gasteiger charge is -2.14. The molecule has 10 nitrogen and oxygen atoms in total.